The van der Waals surface area contributed by atoms with Gasteiger partial charge in [0.25, 0.3) is 0 Å². The van der Waals surface area contributed by atoms with E-state index < -0.39 is 12.2 Å². The van der Waals surface area contributed by atoms with E-state index in [9.17, 15) is 9.59 Å². The zero-order valence-electron chi connectivity index (χ0n) is 12.8. The molecule has 0 aliphatic heterocycles. The summed E-state index contributed by atoms with van der Waals surface area (Å²) in [5.74, 6) is -0.752. The van der Waals surface area contributed by atoms with E-state index in [0.29, 0.717) is 0 Å². The normalized spacial score (nSPS) is 28.8. The van der Waals surface area contributed by atoms with E-state index in [4.69, 9.17) is 21.1 Å². The Balaban J connectivity index is 1.87. The molecular formula is C17H17ClO4Se. The first kappa shape index (κ1) is 16.6. The second kappa shape index (κ2) is 6.68. The van der Waals surface area contributed by atoms with Crippen molar-refractivity contribution >= 4 is 43.0 Å². The Labute approximate surface area is 146 Å². The SMILES string of the molecule is CC(=O)O[C@@H]1[C@H](OC(C)=O)[C@@H]2C[C@H]1C([Se]c1ccccc1)=C2Cl. The van der Waals surface area contributed by atoms with E-state index in [1.165, 1.54) is 18.3 Å². The van der Waals surface area contributed by atoms with Gasteiger partial charge < -0.3 is 0 Å². The maximum atomic E-state index is 11.4. The number of fused-ring (bicyclic) bond motifs is 2. The number of benzene rings is 1. The van der Waals surface area contributed by atoms with Gasteiger partial charge in [-0.15, -0.1) is 0 Å². The van der Waals surface area contributed by atoms with Crippen molar-refractivity contribution in [2.24, 2.45) is 11.8 Å². The molecule has 4 atom stereocenters. The van der Waals surface area contributed by atoms with E-state index in [-0.39, 0.29) is 38.7 Å². The molecule has 1 aromatic carbocycles. The third-order valence-corrected chi connectivity index (χ3v) is 7.46. The van der Waals surface area contributed by atoms with Gasteiger partial charge in [-0.05, 0) is 0 Å². The molecule has 6 heteroatoms. The van der Waals surface area contributed by atoms with E-state index in [1.54, 1.807) is 0 Å². The van der Waals surface area contributed by atoms with Crippen molar-refractivity contribution in [2.75, 3.05) is 0 Å². The molecule has 1 saturated carbocycles. The molecule has 0 radical (unpaired) electrons. The van der Waals surface area contributed by atoms with Crippen LogP contribution in [0.4, 0.5) is 0 Å². The van der Waals surface area contributed by atoms with Crippen molar-refractivity contribution in [1.29, 1.82) is 0 Å². The molecule has 2 bridgehead atoms. The monoisotopic (exact) mass is 400 g/mol. The van der Waals surface area contributed by atoms with Crippen LogP contribution in [0.1, 0.15) is 20.3 Å². The van der Waals surface area contributed by atoms with E-state index in [1.807, 2.05) is 18.2 Å². The third kappa shape index (κ3) is 3.32. The van der Waals surface area contributed by atoms with Crippen molar-refractivity contribution in [3.8, 4) is 0 Å². The van der Waals surface area contributed by atoms with Crippen molar-refractivity contribution in [2.45, 2.75) is 32.5 Å². The minimum absolute atomic E-state index is 0.0426. The summed E-state index contributed by atoms with van der Waals surface area (Å²) in [7, 11) is 0. The number of ether oxygens (including phenoxy) is 2. The topological polar surface area (TPSA) is 52.6 Å². The Bertz CT molecular complexity index is 658. The van der Waals surface area contributed by atoms with E-state index >= 15 is 0 Å². The first-order valence-corrected chi connectivity index (χ1v) is 9.53. The van der Waals surface area contributed by atoms with Crippen LogP contribution in [0, 0.1) is 11.8 Å². The Morgan fingerprint density at radius 3 is 2.17 bits per heavy atom. The van der Waals surface area contributed by atoms with Crippen molar-refractivity contribution in [3.63, 3.8) is 0 Å². The van der Waals surface area contributed by atoms with Gasteiger partial charge in [-0.2, -0.15) is 0 Å². The number of carbonyl (C=O) groups excluding carboxylic acids is 2. The zero-order valence-corrected chi connectivity index (χ0v) is 15.3. The second-order valence-electron chi connectivity index (χ2n) is 5.72. The quantitative estimate of drug-likeness (QED) is 0.574. The van der Waals surface area contributed by atoms with Crippen LogP contribution in [0.25, 0.3) is 0 Å². The molecule has 0 unspecified atom stereocenters. The Kier molecular flexibility index (Phi) is 4.81. The van der Waals surface area contributed by atoms with Crippen LogP contribution in [0.5, 0.6) is 0 Å². The molecule has 4 nitrogen and oxygen atoms in total. The van der Waals surface area contributed by atoms with E-state index in [0.717, 1.165) is 15.9 Å². The molecule has 1 aromatic rings. The maximum absolute atomic E-state index is 11.4. The first-order valence-electron chi connectivity index (χ1n) is 7.44. The van der Waals surface area contributed by atoms with Crippen LogP contribution in [0.2, 0.25) is 0 Å². The molecule has 23 heavy (non-hydrogen) atoms. The van der Waals surface area contributed by atoms with Crippen LogP contribution in [0.15, 0.2) is 39.8 Å². The van der Waals surface area contributed by atoms with Crippen LogP contribution in [-0.2, 0) is 19.1 Å². The van der Waals surface area contributed by atoms with Gasteiger partial charge in [0.15, 0.2) is 0 Å². The van der Waals surface area contributed by atoms with Crippen LogP contribution >= 0.6 is 11.6 Å². The number of rotatable bonds is 4. The number of esters is 2. The molecule has 0 heterocycles. The molecule has 0 N–H and O–H groups in total. The number of halogens is 1. The average molecular weight is 400 g/mol. The fraction of sp³-hybridized carbons (Fsp3) is 0.412. The van der Waals surface area contributed by atoms with Gasteiger partial charge in [0, 0.05) is 0 Å². The molecule has 2 aliphatic carbocycles. The molecule has 122 valence electrons. The van der Waals surface area contributed by atoms with Gasteiger partial charge in [-0.3, -0.25) is 0 Å². The second-order valence-corrected chi connectivity index (χ2v) is 8.47. The van der Waals surface area contributed by atoms with Crippen LogP contribution in [0.3, 0.4) is 0 Å². The number of hydrogen-bond acceptors (Lipinski definition) is 4. The first-order chi connectivity index (χ1) is 11.0. The Morgan fingerprint density at radius 1 is 1.04 bits per heavy atom. The Hall–Kier alpha value is -1.29. The predicted octanol–water partition coefficient (Wildman–Crippen LogP) is 1.98. The summed E-state index contributed by atoms with van der Waals surface area (Å²) in [5, 5.41) is 0.786. The summed E-state index contributed by atoms with van der Waals surface area (Å²) >= 11 is 6.65. The van der Waals surface area contributed by atoms with Crippen LogP contribution in [-0.4, -0.2) is 39.1 Å². The standard InChI is InChI=1S/C17H17ClO4Se/c1-9(19)21-15-12-8-13(16(15)22-10(2)20)17(14(12)18)23-11-6-4-3-5-7-11/h3-7,12-13,15-16H,8H2,1-2H3/t12-,13-,15-,16+/m1/s1. The van der Waals surface area contributed by atoms with Gasteiger partial charge in [-0.1, -0.05) is 0 Å². The van der Waals surface area contributed by atoms with Gasteiger partial charge in [0.1, 0.15) is 0 Å². The summed E-state index contributed by atoms with van der Waals surface area (Å²) in [6.07, 6.45) is -0.118. The summed E-state index contributed by atoms with van der Waals surface area (Å²) in [6.45, 7) is 2.74. The molecule has 0 amide bonds. The minimum atomic E-state index is -0.468. The van der Waals surface area contributed by atoms with Gasteiger partial charge in [0.05, 0.1) is 0 Å². The molecule has 2 aliphatic rings. The van der Waals surface area contributed by atoms with E-state index in [2.05, 4.69) is 12.1 Å². The number of hydrogen-bond donors (Lipinski definition) is 0. The average Bonchev–Trinajstić information content (AvgIpc) is 2.97. The van der Waals surface area contributed by atoms with Crippen LogP contribution < -0.4 is 4.46 Å². The van der Waals surface area contributed by atoms with Gasteiger partial charge in [0.2, 0.25) is 0 Å². The third-order valence-electron chi connectivity index (χ3n) is 4.10. The Morgan fingerprint density at radius 2 is 1.61 bits per heavy atom. The van der Waals surface area contributed by atoms with Gasteiger partial charge >= 0.3 is 146 Å². The molecule has 0 saturated heterocycles. The molecule has 1 fully saturated rings. The van der Waals surface area contributed by atoms with Crippen molar-refractivity contribution < 1.29 is 19.1 Å². The molecular weight excluding hydrogens is 383 g/mol. The summed E-state index contributed by atoms with van der Waals surface area (Å²) in [4.78, 5) is 22.8. The molecule has 0 spiro atoms. The number of carbonyl (C=O) groups is 2. The summed E-state index contributed by atoms with van der Waals surface area (Å²) < 4.78 is 13.3. The predicted molar refractivity (Wildman–Crippen MR) is 87.4 cm³/mol. The summed E-state index contributed by atoms with van der Waals surface area (Å²) in [5.41, 5.74) is 0. The fourth-order valence-corrected chi connectivity index (χ4v) is 6.31. The summed E-state index contributed by atoms with van der Waals surface area (Å²) in [6, 6.07) is 10.1. The molecule has 3 rings (SSSR count). The van der Waals surface area contributed by atoms with Crippen molar-refractivity contribution in [1.82, 2.24) is 0 Å². The zero-order chi connectivity index (χ0) is 16.6. The molecule has 0 aromatic heterocycles. The van der Waals surface area contributed by atoms with Gasteiger partial charge in [-0.25, -0.2) is 0 Å². The van der Waals surface area contributed by atoms with Crippen molar-refractivity contribution in [3.05, 3.63) is 39.8 Å². The fourth-order valence-electron chi connectivity index (χ4n) is 3.29.